The van der Waals surface area contributed by atoms with E-state index in [1.54, 1.807) is 13.3 Å². The van der Waals surface area contributed by atoms with Gasteiger partial charge in [-0.1, -0.05) is 18.2 Å². The van der Waals surface area contributed by atoms with Gasteiger partial charge in [0.15, 0.2) is 0 Å². The molecule has 5 heterocycles. The summed E-state index contributed by atoms with van der Waals surface area (Å²) in [6.45, 7) is 4.01. The number of amides is 1. The topological polar surface area (TPSA) is 90.7 Å². The first-order valence-electron chi connectivity index (χ1n) is 12.6. The molecule has 1 aliphatic rings. The molecule has 8 nitrogen and oxygen atoms in total. The molecule has 1 aromatic carbocycles. The van der Waals surface area contributed by atoms with Gasteiger partial charge in [0, 0.05) is 47.5 Å². The van der Waals surface area contributed by atoms with Gasteiger partial charge in [-0.25, -0.2) is 4.98 Å². The minimum absolute atomic E-state index is 0.0135. The number of nitrogens with two attached hydrogens (primary N) is 1. The van der Waals surface area contributed by atoms with E-state index in [9.17, 15) is 4.79 Å². The summed E-state index contributed by atoms with van der Waals surface area (Å²) >= 11 is 0. The molecule has 2 N–H and O–H groups in total. The van der Waals surface area contributed by atoms with Crippen molar-refractivity contribution in [2.75, 3.05) is 20.2 Å². The smallest absolute Gasteiger partial charge is 0.254 e. The number of likely N-dealkylation sites (tertiary alicyclic amines) is 1. The Hall–Kier alpha value is -4.17. The molecule has 1 amide bonds. The Labute approximate surface area is 215 Å². The average Bonchev–Trinajstić information content (AvgIpc) is 3.45. The highest BCUT2D eigenvalue weighted by molar-refractivity contribution is 5.95. The minimum atomic E-state index is 0.0135. The van der Waals surface area contributed by atoms with Gasteiger partial charge < -0.3 is 24.3 Å². The van der Waals surface area contributed by atoms with E-state index in [-0.39, 0.29) is 11.9 Å². The maximum atomic E-state index is 13.2. The molecule has 1 aliphatic heterocycles. The van der Waals surface area contributed by atoms with Gasteiger partial charge in [0.05, 0.1) is 31.2 Å². The molecule has 5 aromatic rings. The Morgan fingerprint density at radius 3 is 2.81 bits per heavy atom. The normalized spacial score (nSPS) is 16.0. The molecule has 188 valence electrons. The molecule has 37 heavy (non-hydrogen) atoms. The van der Waals surface area contributed by atoms with Gasteiger partial charge in [0.25, 0.3) is 5.91 Å². The maximum Gasteiger partial charge on any atom is 0.254 e. The zero-order valence-electron chi connectivity index (χ0n) is 21.1. The summed E-state index contributed by atoms with van der Waals surface area (Å²) in [6.07, 6.45) is 5.59. The highest BCUT2D eigenvalue weighted by atomic mass is 16.5. The summed E-state index contributed by atoms with van der Waals surface area (Å²) in [5.41, 5.74) is 12.5. The zero-order valence-corrected chi connectivity index (χ0v) is 21.1. The van der Waals surface area contributed by atoms with Crippen molar-refractivity contribution in [2.24, 2.45) is 5.73 Å². The predicted octanol–water partition coefficient (Wildman–Crippen LogP) is 4.28. The van der Waals surface area contributed by atoms with E-state index >= 15 is 0 Å². The van der Waals surface area contributed by atoms with E-state index in [4.69, 9.17) is 15.5 Å². The number of rotatable bonds is 5. The van der Waals surface area contributed by atoms with E-state index in [2.05, 4.69) is 34.7 Å². The number of nitrogens with zero attached hydrogens (tertiary/aromatic N) is 5. The molecule has 8 heteroatoms. The lowest BCUT2D eigenvalue weighted by Gasteiger charge is -2.30. The Morgan fingerprint density at radius 2 is 2.03 bits per heavy atom. The molecule has 0 bridgehead atoms. The van der Waals surface area contributed by atoms with Crippen LogP contribution in [0.15, 0.2) is 67.0 Å². The van der Waals surface area contributed by atoms with Crippen LogP contribution in [0, 0.1) is 6.92 Å². The fraction of sp³-hybridized carbons (Fsp3) is 0.276. The predicted molar refractivity (Wildman–Crippen MR) is 144 cm³/mol. The van der Waals surface area contributed by atoms with E-state index in [0.29, 0.717) is 18.7 Å². The van der Waals surface area contributed by atoms with Gasteiger partial charge >= 0.3 is 0 Å². The molecule has 1 saturated heterocycles. The third-order valence-electron chi connectivity index (χ3n) is 7.26. The van der Waals surface area contributed by atoms with Crippen LogP contribution in [0.25, 0.3) is 27.9 Å². The SMILES string of the molecule is COc1ccc(Cn2c(-c3nc4cc(C(=O)N5CCC[C@@H](N)C5)ccn4c3C)cc3ccccc32)nc1. The standard InChI is InChI=1S/C29H30N6O2/c1-19-28(32-27-15-21(11-13-34(19)27)29(36)33-12-5-7-22(30)17-33)26-14-20-6-3-4-8-25(20)35(26)18-23-9-10-24(37-2)16-31-23/h3-4,6,8-11,13-16,22H,5,7,12,17-18,30H2,1-2H3/t22-/m1/s1. The number of methoxy groups -OCH3 is 1. The van der Waals surface area contributed by atoms with Crippen molar-refractivity contribution >= 4 is 22.5 Å². The van der Waals surface area contributed by atoms with Crippen LogP contribution in [-0.4, -0.2) is 56.0 Å². The Balaban J connectivity index is 1.41. The van der Waals surface area contributed by atoms with Crippen LogP contribution in [0.1, 0.15) is 34.6 Å². The first kappa shape index (κ1) is 23.2. The summed E-state index contributed by atoms with van der Waals surface area (Å²) in [6, 6.07) is 18.2. The summed E-state index contributed by atoms with van der Waals surface area (Å²) in [5.74, 6) is 0.744. The summed E-state index contributed by atoms with van der Waals surface area (Å²) < 4.78 is 9.57. The van der Waals surface area contributed by atoms with Crippen molar-refractivity contribution in [3.05, 3.63) is 83.9 Å². The van der Waals surface area contributed by atoms with E-state index < -0.39 is 0 Å². The molecule has 4 aromatic heterocycles. The molecular weight excluding hydrogens is 464 g/mol. The van der Waals surface area contributed by atoms with Crippen LogP contribution in [0.3, 0.4) is 0 Å². The number of fused-ring (bicyclic) bond motifs is 2. The van der Waals surface area contributed by atoms with Crippen LogP contribution in [0.5, 0.6) is 5.75 Å². The van der Waals surface area contributed by atoms with Gasteiger partial charge in [0.1, 0.15) is 17.1 Å². The molecule has 6 rings (SSSR count). The van der Waals surface area contributed by atoms with Crippen molar-refractivity contribution in [3.8, 4) is 17.1 Å². The second-order valence-corrected chi connectivity index (χ2v) is 9.71. The molecule has 1 fully saturated rings. The van der Waals surface area contributed by atoms with Crippen molar-refractivity contribution in [3.63, 3.8) is 0 Å². The zero-order chi connectivity index (χ0) is 25.5. The number of hydrogen-bond donors (Lipinski definition) is 1. The van der Waals surface area contributed by atoms with Crippen LogP contribution in [0.2, 0.25) is 0 Å². The van der Waals surface area contributed by atoms with E-state index in [0.717, 1.165) is 64.5 Å². The fourth-order valence-corrected chi connectivity index (χ4v) is 5.28. The molecule has 0 spiro atoms. The summed E-state index contributed by atoms with van der Waals surface area (Å²) in [5, 5.41) is 1.14. The number of pyridine rings is 2. The lowest BCUT2D eigenvalue weighted by molar-refractivity contribution is 0.0709. The second kappa shape index (κ2) is 9.37. The maximum absolute atomic E-state index is 13.2. The number of para-hydroxylation sites is 1. The van der Waals surface area contributed by atoms with Gasteiger partial charge in [-0.15, -0.1) is 0 Å². The largest absolute Gasteiger partial charge is 0.495 e. The fourth-order valence-electron chi connectivity index (χ4n) is 5.28. The van der Waals surface area contributed by atoms with Crippen molar-refractivity contribution in [2.45, 2.75) is 32.4 Å². The number of carbonyl (C=O) groups is 1. The molecule has 0 saturated carbocycles. The van der Waals surface area contributed by atoms with Crippen LogP contribution >= 0.6 is 0 Å². The van der Waals surface area contributed by atoms with Crippen molar-refractivity contribution < 1.29 is 9.53 Å². The number of aryl methyl sites for hydroxylation is 1. The van der Waals surface area contributed by atoms with Gasteiger partial charge in [0.2, 0.25) is 0 Å². The van der Waals surface area contributed by atoms with Crippen LogP contribution < -0.4 is 10.5 Å². The Kier molecular flexibility index (Phi) is 5.88. The summed E-state index contributed by atoms with van der Waals surface area (Å²) in [7, 11) is 1.64. The monoisotopic (exact) mass is 494 g/mol. The number of benzene rings is 1. The molecule has 1 atom stereocenters. The lowest BCUT2D eigenvalue weighted by Crippen LogP contribution is -2.45. The van der Waals surface area contributed by atoms with Gasteiger partial charge in [-0.2, -0.15) is 0 Å². The van der Waals surface area contributed by atoms with Crippen LogP contribution in [-0.2, 0) is 6.54 Å². The lowest BCUT2D eigenvalue weighted by atomic mass is 10.1. The number of imidazole rings is 1. The third kappa shape index (κ3) is 4.23. The van der Waals surface area contributed by atoms with E-state index in [1.807, 2.05) is 51.9 Å². The average molecular weight is 495 g/mol. The van der Waals surface area contributed by atoms with E-state index in [1.165, 1.54) is 0 Å². The van der Waals surface area contributed by atoms with Gasteiger partial charge in [-0.05, 0) is 56.2 Å². The molecule has 0 unspecified atom stereocenters. The highest BCUT2D eigenvalue weighted by Gasteiger charge is 2.24. The first-order valence-corrected chi connectivity index (χ1v) is 12.6. The molecule has 0 aliphatic carbocycles. The number of piperidine rings is 1. The molecule has 0 radical (unpaired) electrons. The van der Waals surface area contributed by atoms with Crippen molar-refractivity contribution in [1.82, 2.24) is 23.8 Å². The van der Waals surface area contributed by atoms with Crippen molar-refractivity contribution in [1.29, 1.82) is 0 Å². The number of hydrogen-bond acceptors (Lipinski definition) is 5. The summed E-state index contributed by atoms with van der Waals surface area (Å²) in [4.78, 5) is 24.6. The minimum Gasteiger partial charge on any atom is -0.495 e. The second-order valence-electron chi connectivity index (χ2n) is 9.71. The quantitative estimate of drug-likeness (QED) is 0.394. The Morgan fingerprint density at radius 1 is 1.16 bits per heavy atom. The van der Waals surface area contributed by atoms with Crippen LogP contribution in [0.4, 0.5) is 0 Å². The van der Waals surface area contributed by atoms with Gasteiger partial charge in [-0.3, -0.25) is 9.78 Å². The number of ether oxygens (including phenoxy) is 1. The molecular formula is C29H30N6O2. The first-order chi connectivity index (χ1) is 18.0. The number of aromatic nitrogens is 4. The Bertz CT molecular complexity index is 1600. The highest BCUT2D eigenvalue weighted by Crippen LogP contribution is 2.31. The number of carbonyl (C=O) groups excluding carboxylic acids is 1. The third-order valence-corrected chi connectivity index (χ3v) is 7.26.